The van der Waals surface area contributed by atoms with Crippen molar-refractivity contribution in [3.8, 4) is 11.8 Å². The highest BCUT2D eigenvalue weighted by atomic mass is 19.4. The summed E-state index contributed by atoms with van der Waals surface area (Å²) in [6.45, 7) is 0. The first kappa shape index (κ1) is 14.5. The Balaban J connectivity index is 1.95. The highest BCUT2D eigenvalue weighted by Gasteiger charge is 2.36. The number of fused-ring (bicyclic) bond motifs is 1. The fraction of sp³-hybridized carbons (Fsp3) is 0.235. The Morgan fingerprint density at radius 3 is 2.64 bits per heavy atom. The molecule has 0 radical (unpaired) electrons. The maximum Gasteiger partial charge on any atom is 0.420 e. The first-order chi connectivity index (χ1) is 10.5. The summed E-state index contributed by atoms with van der Waals surface area (Å²) in [5, 5.41) is 8.77. The lowest BCUT2D eigenvalue weighted by Gasteiger charge is -2.19. The van der Waals surface area contributed by atoms with Gasteiger partial charge in [-0.1, -0.05) is 24.3 Å². The predicted octanol–water partition coefficient (Wildman–Crippen LogP) is 4.64. The van der Waals surface area contributed by atoms with Gasteiger partial charge in [-0.2, -0.15) is 18.4 Å². The van der Waals surface area contributed by atoms with Crippen LogP contribution in [0.25, 0.3) is 0 Å². The van der Waals surface area contributed by atoms with Crippen LogP contribution in [0, 0.1) is 11.3 Å². The minimum Gasteiger partial charge on any atom is -0.485 e. The van der Waals surface area contributed by atoms with Gasteiger partial charge in [0.15, 0.2) is 0 Å². The van der Waals surface area contributed by atoms with Gasteiger partial charge in [0.25, 0.3) is 0 Å². The van der Waals surface area contributed by atoms with Crippen molar-refractivity contribution in [3.05, 3.63) is 64.7 Å². The Morgan fingerprint density at radius 2 is 1.91 bits per heavy atom. The van der Waals surface area contributed by atoms with Crippen LogP contribution in [0.3, 0.4) is 0 Å². The summed E-state index contributed by atoms with van der Waals surface area (Å²) in [6, 6.07) is 12.7. The van der Waals surface area contributed by atoms with Crippen LogP contribution in [0.2, 0.25) is 0 Å². The molecule has 0 aromatic heterocycles. The quantitative estimate of drug-likeness (QED) is 0.809. The molecule has 1 unspecified atom stereocenters. The monoisotopic (exact) mass is 303 g/mol. The van der Waals surface area contributed by atoms with Crippen LogP contribution >= 0.6 is 0 Å². The first-order valence-electron chi connectivity index (χ1n) is 6.85. The number of aryl methyl sites for hydroxylation is 1. The van der Waals surface area contributed by atoms with Gasteiger partial charge in [0.1, 0.15) is 11.9 Å². The Morgan fingerprint density at radius 1 is 1.14 bits per heavy atom. The fourth-order valence-corrected chi connectivity index (χ4v) is 2.72. The lowest BCUT2D eigenvalue weighted by molar-refractivity contribution is -0.139. The van der Waals surface area contributed by atoms with Crippen LogP contribution in [0.4, 0.5) is 13.2 Å². The molecule has 0 N–H and O–H groups in total. The SMILES string of the molecule is N#Cc1ccc(OC2CCc3ccccc32)c(C(F)(F)F)c1. The van der Waals surface area contributed by atoms with Crippen LogP contribution in [0.5, 0.6) is 5.75 Å². The molecule has 1 aliphatic rings. The lowest BCUT2D eigenvalue weighted by Crippen LogP contribution is -2.11. The van der Waals surface area contributed by atoms with Gasteiger partial charge in [0, 0.05) is 0 Å². The van der Waals surface area contributed by atoms with E-state index in [0.29, 0.717) is 6.42 Å². The highest BCUT2D eigenvalue weighted by Crippen LogP contribution is 2.41. The molecule has 2 aromatic rings. The summed E-state index contributed by atoms with van der Waals surface area (Å²) in [5.41, 5.74) is 1.09. The van der Waals surface area contributed by atoms with E-state index in [-0.39, 0.29) is 17.4 Å². The number of hydrogen-bond donors (Lipinski definition) is 0. The average Bonchev–Trinajstić information content (AvgIpc) is 2.90. The van der Waals surface area contributed by atoms with Gasteiger partial charge in [-0.3, -0.25) is 0 Å². The van der Waals surface area contributed by atoms with Crippen molar-refractivity contribution in [2.45, 2.75) is 25.1 Å². The van der Waals surface area contributed by atoms with Crippen LogP contribution in [-0.2, 0) is 12.6 Å². The Labute approximate surface area is 125 Å². The fourth-order valence-electron chi connectivity index (χ4n) is 2.72. The van der Waals surface area contributed by atoms with Crippen molar-refractivity contribution in [1.82, 2.24) is 0 Å². The van der Waals surface area contributed by atoms with E-state index in [0.717, 1.165) is 23.6 Å². The number of benzene rings is 2. The van der Waals surface area contributed by atoms with Crippen molar-refractivity contribution in [2.24, 2.45) is 0 Å². The van der Waals surface area contributed by atoms with Crippen molar-refractivity contribution in [1.29, 1.82) is 5.26 Å². The molecule has 3 rings (SSSR count). The van der Waals surface area contributed by atoms with E-state index < -0.39 is 11.7 Å². The van der Waals surface area contributed by atoms with Crippen molar-refractivity contribution >= 4 is 0 Å². The van der Waals surface area contributed by atoms with E-state index in [9.17, 15) is 13.2 Å². The molecule has 0 bridgehead atoms. The second-order valence-corrected chi connectivity index (χ2v) is 5.16. The molecule has 2 nitrogen and oxygen atoms in total. The summed E-state index contributed by atoms with van der Waals surface area (Å²) < 4.78 is 45.1. The number of hydrogen-bond acceptors (Lipinski definition) is 2. The Bertz CT molecular complexity index is 746. The molecule has 22 heavy (non-hydrogen) atoms. The van der Waals surface area contributed by atoms with Crippen LogP contribution < -0.4 is 4.74 Å². The minimum atomic E-state index is -4.56. The van der Waals surface area contributed by atoms with E-state index in [1.165, 1.54) is 12.1 Å². The van der Waals surface area contributed by atoms with Gasteiger partial charge in [0.2, 0.25) is 0 Å². The van der Waals surface area contributed by atoms with E-state index in [2.05, 4.69) is 0 Å². The summed E-state index contributed by atoms with van der Waals surface area (Å²) in [6.07, 6.45) is -3.50. The van der Waals surface area contributed by atoms with Crippen LogP contribution in [0.15, 0.2) is 42.5 Å². The molecule has 0 saturated carbocycles. The van der Waals surface area contributed by atoms with Gasteiger partial charge in [-0.05, 0) is 42.2 Å². The first-order valence-corrected chi connectivity index (χ1v) is 6.85. The largest absolute Gasteiger partial charge is 0.485 e. The van der Waals surface area contributed by atoms with E-state index in [1.54, 1.807) is 6.07 Å². The molecule has 0 fully saturated rings. The predicted molar refractivity (Wildman–Crippen MR) is 74.3 cm³/mol. The maximum absolute atomic E-state index is 13.1. The topological polar surface area (TPSA) is 33.0 Å². The van der Waals surface area contributed by atoms with Crippen molar-refractivity contribution in [3.63, 3.8) is 0 Å². The minimum absolute atomic E-state index is 0.0357. The van der Waals surface area contributed by atoms with Gasteiger partial charge < -0.3 is 4.74 Å². The van der Waals surface area contributed by atoms with Crippen LogP contribution in [-0.4, -0.2) is 0 Å². The Hall–Kier alpha value is -2.48. The van der Waals surface area contributed by atoms with E-state index in [4.69, 9.17) is 10.00 Å². The maximum atomic E-state index is 13.1. The molecule has 0 aliphatic heterocycles. The molecular formula is C17H12F3NO. The third-order valence-corrected chi connectivity index (χ3v) is 3.76. The molecule has 0 amide bonds. The number of halogens is 3. The lowest BCUT2D eigenvalue weighted by atomic mass is 10.1. The number of nitriles is 1. The second-order valence-electron chi connectivity index (χ2n) is 5.16. The molecule has 5 heteroatoms. The summed E-state index contributed by atoms with van der Waals surface area (Å²) in [7, 11) is 0. The van der Waals surface area contributed by atoms with Gasteiger partial charge in [0.05, 0.1) is 17.2 Å². The molecule has 2 aromatic carbocycles. The van der Waals surface area contributed by atoms with Gasteiger partial charge in [-0.25, -0.2) is 0 Å². The number of rotatable bonds is 2. The van der Waals surface area contributed by atoms with Gasteiger partial charge >= 0.3 is 6.18 Å². The zero-order valence-corrected chi connectivity index (χ0v) is 11.5. The summed E-state index contributed by atoms with van der Waals surface area (Å²) in [5.74, 6) is -0.229. The number of nitrogens with zero attached hydrogens (tertiary/aromatic N) is 1. The third kappa shape index (κ3) is 2.64. The molecule has 1 aliphatic carbocycles. The zero-order chi connectivity index (χ0) is 15.7. The van der Waals surface area contributed by atoms with Crippen LogP contribution in [0.1, 0.15) is 34.8 Å². The standard InChI is InChI=1S/C17H12F3NO/c18-17(19,20)14-9-11(10-21)5-7-16(14)22-15-8-6-12-3-1-2-4-13(12)15/h1-5,7,9,15H,6,8H2. The molecular weight excluding hydrogens is 291 g/mol. The van der Waals surface area contributed by atoms with E-state index >= 15 is 0 Å². The highest BCUT2D eigenvalue weighted by molar-refractivity contribution is 5.44. The smallest absolute Gasteiger partial charge is 0.420 e. The second kappa shape index (κ2) is 5.38. The molecule has 112 valence electrons. The summed E-state index contributed by atoms with van der Waals surface area (Å²) >= 11 is 0. The van der Waals surface area contributed by atoms with E-state index in [1.807, 2.05) is 24.3 Å². The Kier molecular flexibility index (Phi) is 3.53. The normalized spacial score (nSPS) is 16.9. The molecule has 0 spiro atoms. The van der Waals surface area contributed by atoms with Crippen molar-refractivity contribution in [2.75, 3.05) is 0 Å². The average molecular weight is 303 g/mol. The molecule has 0 heterocycles. The third-order valence-electron chi connectivity index (χ3n) is 3.76. The molecule has 1 atom stereocenters. The zero-order valence-electron chi connectivity index (χ0n) is 11.5. The number of alkyl halides is 3. The molecule has 0 saturated heterocycles. The van der Waals surface area contributed by atoms with Crippen molar-refractivity contribution < 1.29 is 17.9 Å². The van der Waals surface area contributed by atoms with Gasteiger partial charge in [-0.15, -0.1) is 0 Å². The summed E-state index contributed by atoms with van der Waals surface area (Å²) in [4.78, 5) is 0. The number of ether oxygens (including phenoxy) is 1.